The summed E-state index contributed by atoms with van der Waals surface area (Å²) in [6.45, 7) is 4.42. The summed E-state index contributed by atoms with van der Waals surface area (Å²) in [7, 11) is 0. The fourth-order valence-electron chi connectivity index (χ4n) is 2.93. The van der Waals surface area contributed by atoms with Crippen molar-refractivity contribution in [3.63, 3.8) is 0 Å². The van der Waals surface area contributed by atoms with Crippen LogP contribution in [0.3, 0.4) is 0 Å². The zero-order valence-electron chi connectivity index (χ0n) is 14.9. The van der Waals surface area contributed by atoms with E-state index in [1.54, 1.807) is 16.7 Å². The smallest absolute Gasteiger partial charge is 0.344 e. The minimum Gasteiger partial charge on any atom is -0.455 e. The number of pyridine rings is 2. The van der Waals surface area contributed by atoms with Crippen molar-refractivity contribution in [3.05, 3.63) is 69.1 Å². The van der Waals surface area contributed by atoms with E-state index in [0.29, 0.717) is 22.6 Å². The van der Waals surface area contributed by atoms with Crippen molar-refractivity contribution in [2.75, 3.05) is 0 Å². The molecule has 0 atom stereocenters. The number of rotatable bonds is 4. The lowest BCUT2D eigenvalue weighted by Crippen LogP contribution is -2.21. The maximum atomic E-state index is 12.7. The first-order chi connectivity index (χ1) is 13.1. The predicted molar refractivity (Wildman–Crippen MR) is 105 cm³/mol. The number of fused-ring (bicyclic) bond motifs is 2. The molecule has 4 aromatic rings. The number of thiazole rings is 1. The maximum Gasteiger partial charge on any atom is 0.344 e. The highest BCUT2D eigenvalue weighted by Crippen LogP contribution is 2.22. The molecule has 0 saturated heterocycles. The van der Waals surface area contributed by atoms with Crippen molar-refractivity contribution >= 4 is 38.6 Å². The van der Waals surface area contributed by atoms with Crippen LogP contribution in [0, 0.1) is 6.92 Å². The van der Waals surface area contributed by atoms with Gasteiger partial charge in [0.05, 0.1) is 15.6 Å². The van der Waals surface area contributed by atoms with Crippen molar-refractivity contribution in [1.82, 2.24) is 14.5 Å². The van der Waals surface area contributed by atoms with Crippen molar-refractivity contribution < 1.29 is 9.53 Å². The molecule has 0 spiro atoms. The maximum absolute atomic E-state index is 12.7. The summed E-state index contributed by atoms with van der Waals surface area (Å²) in [5.74, 6) is -0.649. The summed E-state index contributed by atoms with van der Waals surface area (Å²) < 4.78 is 8.19. The largest absolute Gasteiger partial charge is 0.455 e. The fourth-order valence-corrected chi connectivity index (χ4v) is 3.81. The molecule has 0 amide bonds. The highest BCUT2D eigenvalue weighted by atomic mass is 32.1. The van der Waals surface area contributed by atoms with Gasteiger partial charge >= 0.3 is 5.97 Å². The Kier molecular flexibility index (Phi) is 4.45. The van der Waals surface area contributed by atoms with Crippen LogP contribution in [0.15, 0.2) is 47.4 Å². The first-order valence-corrected chi connectivity index (χ1v) is 9.41. The van der Waals surface area contributed by atoms with Crippen molar-refractivity contribution in [1.29, 1.82) is 0 Å². The van der Waals surface area contributed by atoms with Crippen molar-refractivity contribution in [2.45, 2.75) is 27.0 Å². The number of aryl methyl sites for hydroxylation is 2. The number of benzene rings is 1. The lowest BCUT2D eigenvalue weighted by Gasteiger charge is -2.11. The highest BCUT2D eigenvalue weighted by molar-refractivity contribution is 7.18. The van der Waals surface area contributed by atoms with Crippen LogP contribution >= 0.6 is 11.3 Å². The average Bonchev–Trinajstić information content (AvgIpc) is 3.09. The van der Waals surface area contributed by atoms with E-state index >= 15 is 0 Å². The van der Waals surface area contributed by atoms with E-state index in [0.717, 1.165) is 15.9 Å². The Hall–Kier alpha value is -3.06. The molecule has 4 rings (SSSR count). The van der Waals surface area contributed by atoms with E-state index in [9.17, 15) is 9.59 Å². The summed E-state index contributed by atoms with van der Waals surface area (Å²) in [6.07, 6.45) is 1.53. The molecule has 1 aromatic carbocycles. The Balaban J connectivity index is 1.65. The quantitative estimate of drug-likeness (QED) is 0.506. The van der Waals surface area contributed by atoms with Crippen LogP contribution in [0.25, 0.3) is 21.3 Å². The second-order valence-corrected chi connectivity index (χ2v) is 7.25. The molecule has 0 aliphatic heterocycles. The van der Waals surface area contributed by atoms with Crippen LogP contribution in [0.4, 0.5) is 0 Å². The van der Waals surface area contributed by atoms with Crippen molar-refractivity contribution in [3.8, 4) is 0 Å². The van der Waals surface area contributed by atoms with Gasteiger partial charge in [-0.3, -0.25) is 4.79 Å². The van der Waals surface area contributed by atoms with Gasteiger partial charge in [0, 0.05) is 18.4 Å². The molecular weight excluding hydrogens is 362 g/mol. The van der Waals surface area contributed by atoms with Gasteiger partial charge in [-0.25, -0.2) is 14.8 Å². The highest BCUT2D eigenvalue weighted by Gasteiger charge is 2.18. The monoisotopic (exact) mass is 379 g/mol. The Bertz CT molecular complexity index is 1190. The second kappa shape index (κ2) is 6.92. The van der Waals surface area contributed by atoms with E-state index in [2.05, 4.69) is 9.97 Å². The van der Waals surface area contributed by atoms with Crippen LogP contribution in [0.2, 0.25) is 0 Å². The number of aromatic nitrogens is 3. The summed E-state index contributed by atoms with van der Waals surface area (Å²) >= 11 is 1.47. The minimum absolute atomic E-state index is 0.0103. The van der Waals surface area contributed by atoms with E-state index < -0.39 is 5.97 Å². The van der Waals surface area contributed by atoms with Gasteiger partial charge in [-0.15, -0.1) is 11.3 Å². The molecule has 0 bridgehead atoms. The standard InChI is InChI=1S/C20H17N3O3S/c1-3-23-10-14(18(24)13-9-8-12(2)21-19(13)23)20(25)26-11-17-22-15-6-4-5-7-16(15)27-17/h4-10H,3,11H2,1-2H3. The predicted octanol–water partition coefficient (Wildman–Crippen LogP) is 3.69. The van der Waals surface area contributed by atoms with E-state index in [-0.39, 0.29) is 17.6 Å². The summed E-state index contributed by atoms with van der Waals surface area (Å²) in [6, 6.07) is 11.2. The first-order valence-electron chi connectivity index (χ1n) is 8.59. The molecule has 0 radical (unpaired) electrons. The summed E-state index contributed by atoms with van der Waals surface area (Å²) in [5.41, 5.74) is 1.90. The van der Waals surface area contributed by atoms with Gasteiger partial charge < -0.3 is 9.30 Å². The van der Waals surface area contributed by atoms with Gasteiger partial charge in [0.2, 0.25) is 5.43 Å². The third kappa shape index (κ3) is 3.21. The van der Waals surface area contributed by atoms with Gasteiger partial charge in [-0.05, 0) is 38.1 Å². The van der Waals surface area contributed by atoms with Gasteiger partial charge in [-0.2, -0.15) is 0 Å². The third-order valence-corrected chi connectivity index (χ3v) is 5.30. The number of carbonyl (C=O) groups excluding carboxylic acids is 1. The Labute approximate surface area is 159 Å². The average molecular weight is 379 g/mol. The lowest BCUT2D eigenvalue weighted by atomic mass is 10.2. The van der Waals surface area contributed by atoms with Crippen LogP contribution in [-0.2, 0) is 17.9 Å². The van der Waals surface area contributed by atoms with Crippen molar-refractivity contribution in [2.24, 2.45) is 0 Å². The van der Waals surface area contributed by atoms with Gasteiger partial charge in [0.15, 0.2) is 0 Å². The number of esters is 1. The molecule has 3 aromatic heterocycles. The normalized spacial score (nSPS) is 11.2. The van der Waals surface area contributed by atoms with Crippen LogP contribution in [0.5, 0.6) is 0 Å². The van der Waals surface area contributed by atoms with Crippen LogP contribution in [0.1, 0.15) is 28.0 Å². The number of hydrogen-bond donors (Lipinski definition) is 0. The topological polar surface area (TPSA) is 74.1 Å². The van der Waals surface area contributed by atoms with Crippen LogP contribution in [-0.4, -0.2) is 20.5 Å². The Morgan fingerprint density at radius 1 is 1.19 bits per heavy atom. The third-order valence-electron chi connectivity index (χ3n) is 4.29. The zero-order valence-corrected chi connectivity index (χ0v) is 15.7. The molecule has 0 saturated carbocycles. The van der Waals surface area contributed by atoms with E-state index in [1.807, 2.05) is 38.1 Å². The molecule has 0 N–H and O–H groups in total. The number of ether oxygens (including phenoxy) is 1. The molecule has 0 aliphatic rings. The first kappa shape index (κ1) is 17.4. The zero-order chi connectivity index (χ0) is 19.0. The molecular formula is C20H17N3O3S. The minimum atomic E-state index is -0.649. The number of para-hydroxylation sites is 1. The summed E-state index contributed by atoms with van der Waals surface area (Å²) in [4.78, 5) is 34.2. The molecule has 0 aliphatic carbocycles. The van der Waals surface area contributed by atoms with Crippen LogP contribution < -0.4 is 5.43 Å². The van der Waals surface area contributed by atoms with Gasteiger partial charge in [0.25, 0.3) is 0 Å². The number of nitrogens with zero attached hydrogens (tertiary/aromatic N) is 3. The Morgan fingerprint density at radius 3 is 2.78 bits per heavy atom. The number of hydrogen-bond acceptors (Lipinski definition) is 6. The molecule has 0 unspecified atom stereocenters. The van der Waals surface area contributed by atoms with Gasteiger partial charge in [-0.1, -0.05) is 12.1 Å². The molecule has 6 nitrogen and oxygen atoms in total. The molecule has 0 fully saturated rings. The molecule has 136 valence electrons. The fraction of sp³-hybridized carbons (Fsp3) is 0.200. The molecule has 7 heteroatoms. The van der Waals surface area contributed by atoms with E-state index in [4.69, 9.17) is 4.74 Å². The van der Waals surface area contributed by atoms with Gasteiger partial charge in [0.1, 0.15) is 22.8 Å². The molecule has 3 heterocycles. The second-order valence-electron chi connectivity index (χ2n) is 6.13. The van der Waals surface area contributed by atoms with E-state index in [1.165, 1.54) is 17.5 Å². The Morgan fingerprint density at radius 2 is 2.00 bits per heavy atom. The number of carbonyl (C=O) groups is 1. The lowest BCUT2D eigenvalue weighted by molar-refractivity contribution is 0.0470. The summed E-state index contributed by atoms with van der Waals surface area (Å²) in [5, 5.41) is 1.11. The molecule has 27 heavy (non-hydrogen) atoms. The SMILES string of the molecule is CCn1cc(C(=O)OCc2nc3ccccc3s2)c(=O)c2ccc(C)nc21.